The minimum Gasteiger partial charge on any atom is -0.493 e. The zero-order chi connectivity index (χ0) is 13.0. The Morgan fingerprint density at radius 3 is 2.44 bits per heavy atom. The van der Waals surface area contributed by atoms with Crippen LogP contribution in [0.4, 0.5) is 0 Å². The van der Waals surface area contributed by atoms with Crippen LogP contribution in [0.3, 0.4) is 0 Å². The Balaban J connectivity index is 2.18. The number of ether oxygens (including phenoxy) is 2. The van der Waals surface area contributed by atoms with Gasteiger partial charge in [-0.15, -0.1) is 21.8 Å². The lowest BCUT2D eigenvalue weighted by Gasteiger charge is -2.08. The van der Waals surface area contributed by atoms with E-state index in [1.165, 1.54) is 0 Å². The first-order valence-electron chi connectivity index (χ1n) is 5.35. The van der Waals surface area contributed by atoms with Crippen molar-refractivity contribution in [2.75, 3.05) is 14.2 Å². The van der Waals surface area contributed by atoms with Crippen molar-refractivity contribution in [1.29, 1.82) is 0 Å². The minimum absolute atomic E-state index is 0.221. The maximum absolute atomic E-state index is 5.60. The van der Waals surface area contributed by atoms with E-state index in [-0.39, 0.29) is 5.88 Å². The molecule has 0 fully saturated rings. The smallest absolute Gasteiger partial charge is 0.231 e. The Morgan fingerprint density at radius 2 is 1.83 bits per heavy atom. The predicted molar refractivity (Wildman–Crippen MR) is 66.2 cm³/mol. The van der Waals surface area contributed by atoms with Crippen molar-refractivity contribution in [1.82, 2.24) is 10.2 Å². The molecule has 0 radical (unpaired) electrons. The van der Waals surface area contributed by atoms with Crippen LogP contribution in [0.25, 0.3) is 0 Å². The topological polar surface area (TPSA) is 57.4 Å². The molecule has 0 aliphatic heterocycles. The third kappa shape index (κ3) is 2.73. The summed E-state index contributed by atoms with van der Waals surface area (Å²) in [5.74, 6) is 2.53. The lowest BCUT2D eigenvalue weighted by Crippen LogP contribution is -1.94. The van der Waals surface area contributed by atoms with E-state index in [9.17, 15) is 0 Å². The van der Waals surface area contributed by atoms with E-state index in [0.717, 1.165) is 5.56 Å². The molecule has 0 amide bonds. The first kappa shape index (κ1) is 12.7. The molecular formula is C12H13ClN2O3. The van der Waals surface area contributed by atoms with Gasteiger partial charge in [0.1, 0.15) is 5.88 Å². The van der Waals surface area contributed by atoms with Crippen molar-refractivity contribution in [2.45, 2.75) is 12.3 Å². The summed E-state index contributed by atoms with van der Waals surface area (Å²) in [5.41, 5.74) is 0.998. The predicted octanol–water partition coefficient (Wildman–Crippen LogP) is 2.42. The first-order valence-corrected chi connectivity index (χ1v) is 5.88. The van der Waals surface area contributed by atoms with Crippen molar-refractivity contribution in [3.8, 4) is 11.5 Å². The van der Waals surface area contributed by atoms with Gasteiger partial charge in [-0.1, -0.05) is 6.07 Å². The van der Waals surface area contributed by atoms with E-state index in [4.69, 9.17) is 25.5 Å². The van der Waals surface area contributed by atoms with Crippen molar-refractivity contribution >= 4 is 11.6 Å². The number of hydrogen-bond donors (Lipinski definition) is 0. The molecule has 6 heteroatoms. The van der Waals surface area contributed by atoms with E-state index in [2.05, 4.69) is 10.2 Å². The van der Waals surface area contributed by atoms with Crippen LogP contribution in [-0.4, -0.2) is 24.4 Å². The van der Waals surface area contributed by atoms with E-state index in [1.54, 1.807) is 14.2 Å². The van der Waals surface area contributed by atoms with Crippen molar-refractivity contribution < 1.29 is 13.9 Å². The Hall–Kier alpha value is -1.75. The molecular weight excluding hydrogens is 256 g/mol. The quantitative estimate of drug-likeness (QED) is 0.780. The largest absolute Gasteiger partial charge is 0.493 e. The fraction of sp³-hybridized carbons (Fsp3) is 0.333. The normalized spacial score (nSPS) is 10.4. The van der Waals surface area contributed by atoms with Crippen LogP contribution < -0.4 is 9.47 Å². The molecule has 0 N–H and O–H groups in total. The van der Waals surface area contributed by atoms with E-state index >= 15 is 0 Å². The van der Waals surface area contributed by atoms with E-state index in [0.29, 0.717) is 29.7 Å². The molecule has 5 nitrogen and oxygen atoms in total. The first-order chi connectivity index (χ1) is 8.76. The summed E-state index contributed by atoms with van der Waals surface area (Å²) in [6, 6.07) is 5.64. The zero-order valence-electron chi connectivity index (χ0n) is 10.1. The second-order valence-electron chi connectivity index (χ2n) is 3.59. The summed E-state index contributed by atoms with van der Waals surface area (Å²) >= 11 is 5.60. The molecule has 0 spiro atoms. The highest BCUT2D eigenvalue weighted by molar-refractivity contribution is 6.16. The summed E-state index contributed by atoms with van der Waals surface area (Å²) in [5, 5.41) is 7.71. The molecule has 2 rings (SSSR count). The number of nitrogens with zero attached hydrogens (tertiary/aromatic N) is 2. The van der Waals surface area contributed by atoms with Crippen LogP contribution in [0.15, 0.2) is 22.6 Å². The lowest BCUT2D eigenvalue weighted by molar-refractivity contribution is 0.354. The fourth-order valence-electron chi connectivity index (χ4n) is 1.58. The van der Waals surface area contributed by atoms with Crippen molar-refractivity contribution in [3.05, 3.63) is 35.5 Å². The summed E-state index contributed by atoms with van der Waals surface area (Å²) < 4.78 is 15.7. The number of hydrogen-bond acceptors (Lipinski definition) is 5. The van der Waals surface area contributed by atoms with Gasteiger partial charge in [0.2, 0.25) is 11.8 Å². The molecule has 0 aliphatic carbocycles. The second-order valence-corrected chi connectivity index (χ2v) is 3.86. The van der Waals surface area contributed by atoms with Crippen LogP contribution in [-0.2, 0) is 12.3 Å². The highest BCUT2D eigenvalue weighted by Gasteiger charge is 2.09. The zero-order valence-corrected chi connectivity index (χ0v) is 10.9. The molecule has 96 valence electrons. The Kier molecular flexibility index (Phi) is 4.04. The molecule has 18 heavy (non-hydrogen) atoms. The van der Waals surface area contributed by atoms with Crippen LogP contribution in [0.1, 0.15) is 17.3 Å². The van der Waals surface area contributed by atoms with Crippen molar-refractivity contribution in [3.63, 3.8) is 0 Å². The molecule has 2 aromatic rings. The van der Waals surface area contributed by atoms with E-state index in [1.807, 2.05) is 18.2 Å². The lowest BCUT2D eigenvalue weighted by atomic mass is 10.1. The minimum atomic E-state index is 0.221. The van der Waals surface area contributed by atoms with Crippen LogP contribution >= 0.6 is 11.6 Å². The van der Waals surface area contributed by atoms with Gasteiger partial charge in [-0.25, -0.2) is 0 Å². The Bertz CT molecular complexity index is 528. The number of rotatable bonds is 5. The van der Waals surface area contributed by atoms with Gasteiger partial charge in [0.25, 0.3) is 0 Å². The van der Waals surface area contributed by atoms with Gasteiger partial charge in [0, 0.05) is 0 Å². The van der Waals surface area contributed by atoms with Gasteiger partial charge in [-0.3, -0.25) is 0 Å². The van der Waals surface area contributed by atoms with Crippen LogP contribution in [0, 0.1) is 0 Å². The number of aromatic nitrogens is 2. The molecule has 1 heterocycles. The van der Waals surface area contributed by atoms with Gasteiger partial charge in [0.15, 0.2) is 11.5 Å². The molecule has 0 saturated carbocycles. The highest BCUT2D eigenvalue weighted by atomic mass is 35.5. The number of methoxy groups -OCH3 is 2. The van der Waals surface area contributed by atoms with Gasteiger partial charge in [0.05, 0.1) is 20.6 Å². The van der Waals surface area contributed by atoms with Crippen molar-refractivity contribution in [2.24, 2.45) is 0 Å². The summed E-state index contributed by atoms with van der Waals surface area (Å²) in [4.78, 5) is 0. The average molecular weight is 269 g/mol. The van der Waals surface area contributed by atoms with Gasteiger partial charge in [-0.2, -0.15) is 0 Å². The molecule has 1 aromatic carbocycles. The third-order valence-corrected chi connectivity index (χ3v) is 2.65. The monoisotopic (exact) mass is 268 g/mol. The molecule has 0 saturated heterocycles. The van der Waals surface area contributed by atoms with Crippen LogP contribution in [0.2, 0.25) is 0 Å². The van der Waals surface area contributed by atoms with Gasteiger partial charge in [-0.05, 0) is 17.7 Å². The SMILES string of the molecule is COc1ccc(Cc2nnc(CCl)o2)cc1OC. The standard InChI is InChI=1S/C12H13ClN2O3/c1-16-9-4-3-8(5-10(9)17-2)6-11-14-15-12(7-13)18-11/h3-5H,6-7H2,1-2H3. The number of halogens is 1. The average Bonchev–Trinajstić information content (AvgIpc) is 2.86. The van der Waals surface area contributed by atoms with Gasteiger partial charge >= 0.3 is 0 Å². The maximum atomic E-state index is 5.60. The molecule has 0 unspecified atom stereocenters. The summed E-state index contributed by atoms with van der Waals surface area (Å²) in [6.45, 7) is 0. The molecule has 0 atom stereocenters. The number of benzene rings is 1. The summed E-state index contributed by atoms with van der Waals surface area (Å²) in [7, 11) is 3.20. The number of alkyl halides is 1. The van der Waals surface area contributed by atoms with Gasteiger partial charge < -0.3 is 13.9 Å². The fourth-order valence-corrected chi connectivity index (χ4v) is 1.69. The van der Waals surface area contributed by atoms with Crippen LogP contribution in [0.5, 0.6) is 11.5 Å². The second kappa shape index (κ2) is 5.73. The molecule has 0 bridgehead atoms. The Labute approximate surface area is 110 Å². The Morgan fingerprint density at radius 1 is 1.11 bits per heavy atom. The molecule has 1 aromatic heterocycles. The third-order valence-electron chi connectivity index (χ3n) is 2.43. The molecule has 0 aliphatic rings. The van der Waals surface area contributed by atoms with E-state index < -0.39 is 0 Å². The highest BCUT2D eigenvalue weighted by Crippen LogP contribution is 2.28. The maximum Gasteiger partial charge on any atom is 0.231 e. The summed E-state index contributed by atoms with van der Waals surface area (Å²) in [6.07, 6.45) is 0.532.